The number of hydrogen-bond acceptors (Lipinski definition) is 2. The maximum atomic E-state index is 12.1. The van der Waals surface area contributed by atoms with Gasteiger partial charge in [0.1, 0.15) is 12.4 Å². The number of hydrogen-bond donors (Lipinski definition) is 1. The first-order chi connectivity index (χ1) is 12.1. The first kappa shape index (κ1) is 15.5. The Hall–Kier alpha value is -3.01. The van der Waals surface area contributed by atoms with Crippen LogP contribution in [0.15, 0.2) is 54.6 Å². The average molecular weight is 332 g/mol. The van der Waals surface area contributed by atoms with Crippen LogP contribution in [-0.2, 0) is 4.74 Å². The van der Waals surface area contributed by atoms with Crippen molar-refractivity contribution in [3.63, 3.8) is 0 Å². The Morgan fingerprint density at radius 2 is 1.68 bits per heavy atom. The van der Waals surface area contributed by atoms with Crippen LogP contribution >= 0.6 is 0 Å². The highest BCUT2D eigenvalue weighted by Gasteiger charge is 2.29. The molecule has 1 fully saturated rings. The molecule has 0 radical (unpaired) electrons. The van der Waals surface area contributed by atoms with E-state index in [1.807, 2.05) is 18.2 Å². The third-order valence-corrected chi connectivity index (χ3v) is 4.66. The Bertz CT molecular complexity index is 911. The highest BCUT2D eigenvalue weighted by atomic mass is 16.6. The number of H-pyrrole nitrogens is 1. The van der Waals surface area contributed by atoms with Crippen LogP contribution in [0, 0.1) is 13.8 Å². The van der Waals surface area contributed by atoms with Gasteiger partial charge in [-0.05, 0) is 30.5 Å². The average Bonchev–Trinajstić information content (AvgIpc) is 3.19. The Balaban J connectivity index is 1.91. The number of anilines is 1. The molecule has 1 aromatic heterocycles. The molecular formula is C21H20N2O2. The summed E-state index contributed by atoms with van der Waals surface area (Å²) in [5.41, 5.74) is 6.64. The monoisotopic (exact) mass is 332 g/mol. The summed E-state index contributed by atoms with van der Waals surface area (Å²) in [6, 6.07) is 18.6. The van der Waals surface area contributed by atoms with Crippen LogP contribution in [0.2, 0.25) is 0 Å². The van der Waals surface area contributed by atoms with E-state index in [2.05, 4.69) is 55.2 Å². The van der Waals surface area contributed by atoms with Gasteiger partial charge >= 0.3 is 6.09 Å². The van der Waals surface area contributed by atoms with E-state index in [9.17, 15) is 4.79 Å². The fourth-order valence-corrected chi connectivity index (χ4v) is 3.34. The predicted octanol–water partition coefficient (Wildman–Crippen LogP) is 4.92. The number of ether oxygens (including phenoxy) is 1. The summed E-state index contributed by atoms with van der Waals surface area (Å²) in [6.45, 7) is 5.16. The van der Waals surface area contributed by atoms with Gasteiger partial charge in [-0.2, -0.15) is 0 Å². The van der Waals surface area contributed by atoms with Gasteiger partial charge in [-0.25, -0.2) is 4.79 Å². The lowest BCUT2D eigenvalue weighted by Crippen LogP contribution is -2.24. The summed E-state index contributed by atoms with van der Waals surface area (Å²) < 4.78 is 5.15. The number of aromatic nitrogens is 1. The van der Waals surface area contributed by atoms with E-state index in [0.29, 0.717) is 13.2 Å². The van der Waals surface area contributed by atoms with E-state index in [4.69, 9.17) is 4.74 Å². The summed E-state index contributed by atoms with van der Waals surface area (Å²) in [5.74, 6) is 0.807. The number of cyclic esters (lactones) is 1. The fourth-order valence-electron chi connectivity index (χ4n) is 3.34. The molecule has 1 amide bonds. The van der Waals surface area contributed by atoms with E-state index in [0.717, 1.165) is 33.8 Å². The molecule has 1 N–H and O–H groups in total. The zero-order valence-electron chi connectivity index (χ0n) is 14.4. The van der Waals surface area contributed by atoms with Crippen molar-refractivity contribution in [2.24, 2.45) is 0 Å². The van der Waals surface area contributed by atoms with Crippen LogP contribution in [0.3, 0.4) is 0 Å². The Kier molecular flexibility index (Phi) is 3.80. The molecule has 4 heteroatoms. The van der Waals surface area contributed by atoms with Gasteiger partial charge in [-0.15, -0.1) is 0 Å². The minimum Gasteiger partial charge on any atom is -0.447 e. The van der Waals surface area contributed by atoms with Gasteiger partial charge < -0.3 is 9.72 Å². The summed E-state index contributed by atoms with van der Waals surface area (Å²) in [7, 11) is 0. The highest BCUT2D eigenvalue weighted by molar-refractivity contribution is 5.97. The van der Waals surface area contributed by atoms with Gasteiger partial charge in [0.15, 0.2) is 0 Å². The highest BCUT2D eigenvalue weighted by Crippen LogP contribution is 2.40. The number of aryl methyl sites for hydroxylation is 1. The molecule has 1 saturated heterocycles. The number of carbonyl (C=O) groups is 1. The van der Waals surface area contributed by atoms with Crippen molar-refractivity contribution in [3.8, 4) is 22.4 Å². The second-order valence-corrected chi connectivity index (χ2v) is 6.35. The number of rotatable bonds is 3. The molecule has 0 atom stereocenters. The van der Waals surface area contributed by atoms with E-state index >= 15 is 0 Å². The summed E-state index contributed by atoms with van der Waals surface area (Å²) in [4.78, 5) is 17.3. The lowest BCUT2D eigenvalue weighted by Gasteiger charge is -2.14. The molecule has 0 saturated carbocycles. The minimum atomic E-state index is -0.297. The molecule has 4 rings (SSSR count). The maximum absolute atomic E-state index is 12.1. The van der Waals surface area contributed by atoms with Gasteiger partial charge in [-0.1, -0.05) is 60.2 Å². The van der Waals surface area contributed by atoms with Gasteiger partial charge in [0.05, 0.1) is 12.2 Å². The third-order valence-electron chi connectivity index (χ3n) is 4.66. The second-order valence-electron chi connectivity index (χ2n) is 6.35. The Labute approximate surface area is 147 Å². The van der Waals surface area contributed by atoms with E-state index in [-0.39, 0.29) is 6.09 Å². The van der Waals surface area contributed by atoms with Crippen molar-refractivity contribution in [2.45, 2.75) is 13.8 Å². The van der Waals surface area contributed by atoms with Crippen molar-refractivity contribution in [2.75, 3.05) is 18.1 Å². The molecule has 126 valence electrons. The zero-order chi connectivity index (χ0) is 17.4. The topological polar surface area (TPSA) is 45.3 Å². The molecule has 0 unspecified atom stereocenters. The standard InChI is InChI=1S/C21H20N2O2/c1-14-8-10-17(11-9-14)19-15(2)18(16-6-4-3-5-7-16)20(22-19)23-12-13-25-21(23)24/h3-11,22H,12-13H2,1-2H3. The smallest absolute Gasteiger partial charge is 0.415 e. The summed E-state index contributed by atoms with van der Waals surface area (Å²) in [6.07, 6.45) is -0.297. The number of aromatic amines is 1. The van der Waals surface area contributed by atoms with E-state index in [1.54, 1.807) is 4.90 Å². The van der Waals surface area contributed by atoms with Gasteiger partial charge in [0.2, 0.25) is 0 Å². The van der Waals surface area contributed by atoms with Gasteiger partial charge in [-0.3, -0.25) is 4.90 Å². The Morgan fingerprint density at radius 3 is 2.32 bits per heavy atom. The molecule has 4 nitrogen and oxygen atoms in total. The lowest BCUT2D eigenvalue weighted by atomic mass is 10.00. The molecule has 2 heterocycles. The molecule has 1 aliphatic rings. The van der Waals surface area contributed by atoms with E-state index < -0.39 is 0 Å². The maximum Gasteiger partial charge on any atom is 0.415 e. The third kappa shape index (κ3) is 2.70. The minimum absolute atomic E-state index is 0.297. The van der Waals surface area contributed by atoms with Crippen molar-refractivity contribution in [3.05, 3.63) is 65.7 Å². The van der Waals surface area contributed by atoms with Crippen LogP contribution in [0.25, 0.3) is 22.4 Å². The van der Waals surface area contributed by atoms with Crippen molar-refractivity contribution in [1.29, 1.82) is 0 Å². The molecule has 3 aromatic rings. The zero-order valence-corrected chi connectivity index (χ0v) is 14.4. The summed E-state index contributed by atoms with van der Waals surface area (Å²) in [5, 5.41) is 0. The second kappa shape index (κ2) is 6.13. The molecule has 2 aromatic carbocycles. The van der Waals surface area contributed by atoms with Crippen LogP contribution in [0.4, 0.5) is 10.6 Å². The normalized spacial score (nSPS) is 14.0. The van der Waals surface area contributed by atoms with Gasteiger partial charge in [0.25, 0.3) is 0 Å². The van der Waals surface area contributed by atoms with Crippen LogP contribution in [0.1, 0.15) is 11.1 Å². The SMILES string of the molecule is Cc1ccc(-c2[nH]c(N3CCOC3=O)c(-c3ccccc3)c2C)cc1. The first-order valence-electron chi connectivity index (χ1n) is 8.44. The molecule has 0 aliphatic carbocycles. The molecule has 25 heavy (non-hydrogen) atoms. The van der Waals surface area contributed by atoms with Crippen molar-refractivity contribution in [1.82, 2.24) is 4.98 Å². The van der Waals surface area contributed by atoms with Crippen LogP contribution < -0.4 is 4.90 Å². The van der Waals surface area contributed by atoms with Crippen molar-refractivity contribution < 1.29 is 9.53 Å². The number of carbonyl (C=O) groups excluding carboxylic acids is 1. The predicted molar refractivity (Wildman–Crippen MR) is 99.8 cm³/mol. The van der Waals surface area contributed by atoms with E-state index in [1.165, 1.54) is 5.56 Å². The number of benzene rings is 2. The summed E-state index contributed by atoms with van der Waals surface area (Å²) >= 11 is 0. The van der Waals surface area contributed by atoms with Crippen molar-refractivity contribution >= 4 is 11.9 Å². The molecular weight excluding hydrogens is 312 g/mol. The lowest BCUT2D eigenvalue weighted by molar-refractivity contribution is 0.181. The van der Waals surface area contributed by atoms with Crippen LogP contribution in [0.5, 0.6) is 0 Å². The number of nitrogens with one attached hydrogen (secondary N) is 1. The number of amides is 1. The fraction of sp³-hybridized carbons (Fsp3) is 0.190. The largest absolute Gasteiger partial charge is 0.447 e. The number of nitrogens with zero attached hydrogens (tertiary/aromatic N) is 1. The first-order valence-corrected chi connectivity index (χ1v) is 8.44. The Morgan fingerprint density at radius 1 is 0.960 bits per heavy atom. The molecule has 0 bridgehead atoms. The van der Waals surface area contributed by atoms with Gasteiger partial charge in [0, 0.05) is 5.56 Å². The quantitative estimate of drug-likeness (QED) is 0.740. The molecule has 0 spiro atoms. The molecule has 1 aliphatic heterocycles. The van der Waals surface area contributed by atoms with Crippen LogP contribution in [-0.4, -0.2) is 24.2 Å².